The van der Waals surface area contributed by atoms with Crippen molar-refractivity contribution in [2.45, 2.75) is 0 Å². The number of hydrogen-bond donors (Lipinski definition) is 1. The standard InChI is InChI=1S/C15H12N2O4/c1-21-12(18)7-17-14(19)10-4-2-3-8-5-9(16)6-11(13(8)10)15(17)20/h2-6H,7,16H2,1H3. The van der Waals surface area contributed by atoms with E-state index in [0.717, 1.165) is 10.3 Å². The van der Waals surface area contributed by atoms with Crippen LogP contribution in [-0.2, 0) is 9.53 Å². The van der Waals surface area contributed by atoms with Crippen LogP contribution < -0.4 is 5.73 Å². The minimum Gasteiger partial charge on any atom is -0.468 e. The Kier molecular flexibility index (Phi) is 2.86. The lowest BCUT2D eigenvalue weighted by molar-refractivity contribution is -0.140. The zero-order chi connectivity index (χ0) is 15.1. The van der Waals surface area contributed by atoms with E-state index >= 15 is 0 Å². The summed E-state index contributed by atoms with van der Waals surface area (Å²) in [5.41, 5.74) is 6.93. The van der Waals surface area contributed by atoms with Gasteiger partial charge < -0.3 is 10.5 Å². The van der Waals surface area contributed by atoms with Crippen molar-refractivity contribution in [1.29, 1.82) is 0 Å². The fourth-order valence-electron chi connectivity index (χ4n) is 2.52. The van der Waals surface area contributed by atoms with Crippen LogP contribution >= 0.6 is 0 Å². The fourth-order valence-corrected chi connectivity index (χ4v) is 2.52. The van der Waals surface area contributed by atoms with Gasteiger partial charge in [-0.05, 0) is 23.6 Å². The van der Waals surface area contributed by atoms with Crippen molar-refractivity contribution in [3.8, 4) is 0 Å². The second-order valence-electron chi connectivity index (χ2n) is 4.74. The summed E-state index contributed by atoms with van der Waals surface area (Å²) in [4.78, 5) is 37.2. The highest BCUT2D eigenvalue weighted by Crippen LogP contribution is 2.31. The molecule has 2 aromatic rings. The normalized spacial score (nSPS) is 13.7. The summed E-state index contributed by atoms with van der Waals surface area (Å²) in [5, 5.41) is 1.30. The van der Waals surface area contributed by atoms with Gasteiger partial charge in [0.1, 0.15) is 6.54 Å². The number of carbonyl (C=O) groups is 3. The minimum atomic E-state index is -0.656. The molecule has 21 heavy (non-hydrogen) atoms. The van der Waals surface area contributed by atoms with Crippen LogP contribution in [0.5, 0.6) is 0 Å². The van der Waals surface area contributed by atoms with Crippen LogP contribution in [-0.4, -0.2) is 36.3 Å². The van der Waals surface area contributed by atoms with Crippen molar-refractivity contribution in [2.75, 3.05) is 19.4 Å². The fraction of sp³-hybridized carbons (Fsp3) is 0.133. The summed E-state index contributed by atoms with van der Waals surface area (Å²) in [5.74, 6) is -1.70. The summed E-state index contributed by atoms with van der Waals surface area (Å²) in [7, 11) is 1.20. The average Bonchev–Trinajstić information content (AvgIpc) is 2.48. The number of methoxy groups -OCH3 is 1. The molecular weight excluding hydrogens is 272 g/mol. The van der Waals surface area contributed by atoms with Crippen molar-refractivity contribution < 1.29 is 19.1 Å². The number of esters is 1. The van der Waals surface area contributed by atoms with E-state index in [1.165, 1.54) is 13.2 Å². The Morgan fingerprint density at radius 3 is 2.62 bits per heavy atom. The van der Waals surface area contributed by atoms with Gasteiger partial charge in [-0.1, -0.05) is 12.1 Å². The number of ether oxygens (including phenoxy) is 1. The molecule has 1 aliphatic rings. The van der Waals surface area contributed by atoms with Crippen molar-refractivity contribution in [2.24, 2.45) is 0 Å². The first-order chi connectivity index (χ1) is 10.0. The van der Waals surface area contributed by atoms with Gasteiger partial charge in [-0.3, -0.25) is 19.3 Å². The number of imide groups is 1. The number of nitrogens with zero attached hydrogens (tertiary/aromatic N) is 1. The van der Waals surface area contributed by atoms with Crippen LogP contribution in [0.1, 0.15) is 20.7 Å². The van der Waals surface area contributed by atoms with Crippen molar-refractivity contribution in [3.63, 3.8) is 0 Å². The summed E-state index contributed by atoms with van der Waals surface area (Å²) in [6, 6.07) is 8.35. The number of nitrogens with two attached hydrogens (primary N) is 1. The largest absolute Gasteiger partial charge is 0.468 e. The molecular formula is C15H12N2O4. The molecule has 0 unspecified atom stereocenters. The van der Waals surface area contributed by atoms with Gasteiger partial charge in [0.2, 0.25) is 0 Å². The Morgan fingerprint density at radius 1 is 1.19 bits per heavy atom. The lowest BCUT2D eigenvalue weighted by Gasteiger charge is -2.26. The van der Waals surface area contributed by atoms with E-state index in [-0.39, 0.29) is 0 Å². The third-order valence-electron chi connectivity index (χ3n) is 3.47. The van der Waals surface area contributed by atoms with E-state index in [2.05, 4.69) is 4.74 Å². The van der Waals surface area contributed by atoms with Gasteiger partial charge in [0, 0.05) is 16.6 Å². The quantitative estimate of drug-likeness (QED) is 0.508. The molecule has 6 heteroatoms. The molecule has 0 fully saturated rings. The molecule has 0 bridgehead atoms. The molecule has 0 aliphatic carbocycles. The number of hydrogen-bond acceptors (Lipinski definition) is 5. The number of rotatable bonds is 2. The van der Waals surface area contributed by atoms with E-state index < -0.39 is 24.3 Å². The van der Waals surface area contributed by atoms with Gasteiger partial charge in [-0.25, -0.2) is 0 Å². The lowest BCUT2D eigenvalue weighted by atomic mass is 9.93. The SMILES string of the molecule is COC(=O)CN1C(=O)c2cccc3cc(N)cc(c23)C1=O. The third-order valence-corrected chi connectivity index (χ3v) is 3.47. The highest BCUT2D eigenvalue weighted by atomic mass is 16.5. The highest BCUT2D eigenvalue weighted by molar-refractivity contribution is 6.26. The second-order valence-corrected chi connectivity index (χ2v) is 4.74. The summed E-state index contributed by atoms with van der Waals surface area (Å²) < 4.78 is 4.52. The Morgan fingerprint density at radius 2 is 1.90 bits per heavy atom. The molecule has 1 heterocycles. The van der Waals surface area contributed by atoms with Gasteiger partial charge in [0.25, 0.3) is 11.8 Å². The molecule has 2 aromatic carbocycles. The molecule has 0 spiro atoms. The number of carbonyl (C=O) groups excluding carboxylic acids is 3. The molecule has 6 nitrogen and oxygen atoms in total. The van der Waals surface area contributed by atoms with E-state index in [9.17, 15) is 14.4 Å². The van der Waals surface area contributed by atoms with Crippen LogP contribution in [0.4, 0.5) is 5.69 Å². The van der Waals surface area contributed by atoms with Gasteiger partial charge in [0.15, 0.2) is 0 Å². The predicted octanol–water partition coefficient (Wildman–Crippen LogP) is 1.19. The number of anilines is 1. The first kappa shape index (κ1) is 13.1. The molecule has 2 N–H and O–H groups in total. The summed E-state index contributed by atoms with van der Waals surface area (Å²) >= 11 is 0. The van der Waals surface area contributed by atoms with Crippen LogP contribution in [0.3, 0.4) is 0 Å². The Labute approximate surface area is 120 Å². The number of benzene rings is 2. The van der Waals surface area contributed by atoms with E-state index in [4.69, 9.17) is 5.73 Å². The van der Waals surface area contributed by atoms with E-state index in [1.54, 1.807) is 24.3 Å². The van der Waals surface area contributed by atoms with E-state index in [0.29, 0.717) is 22.2 Å². The Hall–Kier alpha value is -2.89. The van der Waals surface area contributed by atoms with Crippen molar-refractivity contribution >= 4 is 34.2 Å². The first-order valence-electron chi connectivity index (χ1n) is 6.28. The van der Waals surface area contributed by atoms with Gasteiger partial charge in [-0.15, -0.1) is 0 Å². The first-order valence-corrected chi connectivity index (χ1v) is 6.28. The number of amides is 2. The third kappa shape index (κ3) is 1.92. The maximum absolute atomic E-state index is 12.5. The molecule has 0 saturated carbocycles. The van der Waals surface area contributed by atoms with E-state index in [1.807, 2.05) is 0 Å². The molecule has 3 rings (SSSR count). The predicted molar refractivity (Wildman–Crippen MR) is 75.7 cm³/mol. The zero-order valence-electron chi connectivity index (χ0n) is 11.3. The average molecular weight is 284 g/mol. The van der Waals surface area contributed by atoms with Crippen molar-refractivity contribution in [1.82, 2.24) is 4.90 Å². The molecule has 0 atom stereocenters. The van der Waals surface area contributed by atoms with Gasteiger partial charge in [-0.2, -0.15) is 0 Å². The van der Waals surface area contributed by atoms with Crippen LogP contribution in [0.25, 0.3) is 10.8 Å². The van der Waals surface area contributed by atoms with Crippen molar-refractivity contribution in [3.05, 3.63) is 41.5 Å². The monoisotopic (exact) mass is 284 g/mol. The molecule has 0 saturated heterocycles. The minimum absolute atomic E-state index is 0.323. The second kappa shape index (κ2) is 4.59. The van der Waals surface area contributed by atoms with Gasteiger partial charge in [0.05, 0.1) is 12.7 Å². The lowest BCUT2D eigenvalue weighted by Crippen LogP contribution is -2.43. The number of nitrogen functional groups attached to an aromatic ring is 1. The molecule has 2 amide bonds. The highest BCUT2D eigenvalue weighted by Gasteiger charge is 2.34. The topological polar surface area (TPSA) is 89.7 Å². The molecule has 0 aromatic heterocycles. The molecule has 0 radical (unpaired) electrons. The Balaban J connectivity index is 2.22. The molecule has 1 aliphatic heterocycles. The zero-order valence-corrected chi connectivity index (χ0v) is 11.3. The molecule has 106 valence electrons. The van der Waals surface area contributed by atoms with Crippen LogP contribution in [0, 0.1) is 0 Å². The maximum atomic E-state index is 12.5. The van der Waals surface area contributed by atoms with Gasteiger partial charge >= 0.3 is 5.97 Å². The summed E-state index contributed by atoms with van der Waals surface area (Å²) in [6.45, 7) is -0.418. The smallest absolute Gasteiger partial charge is 0.325 e. The van der Waals surface area contributed by atoms with Crippen LogP contribution in [0.15, 0.2) is 30.3 Å². The van der Waals surface area contributed by atoms with Crippen LogP contribution in [0.2, 0.25) is 0 Å². The summed E-state index contributed by atoms with van der Waals surface area (Å²) in [6.07, 6.45) is 0. The Bertz CT molecular complexity index is 798. The maximum Gasteiger partial charge on any atom is 0.325 e.